The van der Waals surface area contributed by atoms with Crippen LogP contribution in [0.2, 0.25) is 0 Å². The van der Waals surface area contributed by atoms with Gasteiger partial charge in [-0.05, 0) is 240 Å². The first-order valence-corrected chi connectivity index (χ1v) is 37.9. The van der Waals surface area contributed by atoms with Gasteiger partial charge in [0.05, 0.1) is 50.4 Å². The van der Waals surface area contributed by atoms with E-state index < -0.39 is 0 Å². The van der Waals surface area contributed by atoms with Gasteiger partial charge in [0.15, 0.2) is 44.1 Å². The highest BCUT2D eigenvalue weighted by Crippen LogP contribution is 2.36. The second-order valence-corrected chi connectivity index (χ2v) is 30.4. The average molecular weight is 1430 g/mol. The maximum Gasteiger partial charge on any atom is 0.296 e. The van der Waals surface area contributed by atoms with E-state index in [-0.39, 0.29) is 0 Å². The Labute approximate surface area is 638 Å². The summed E-state index contributed by atoms with van der Waals surface area (Å²) >= 11 is 0. The normalized spacial score (nSPS) is 11.4. The number of imidazole rings is 4. The lowest BCUT2D eigenvalue weighted by Crippen LogP contribution is -2.36. The van der Waals surface area contributed by atoms with E-state index in [1.807, 2.05) is 49.6 Å². The zero-order chi connectivity index (χ0) is 76.7. The lowest BCUT2D eigenvalue weighted by molar-refractivity contribution is -0.557. The number of para-hydroxylation sites is 4. The summed E-state index contributed by atoms with van der Waals surface area (Å²) in [6, 6.07) is 65.6. The maximum atomic E-state index is 4.47. The fourth-order valence-electron chi connectivity index (χ4n) is 15.7. The highest BCUT2D eigenvalue weighted by Gasteiger charge is 2.35. The van der Waals surface area contributed by atoms with Gasteiger partial charge in [0.1, 0.15) is 22.7 Å². The summed E-state index contributed by atoms with van der Waals surface area (Å²) in [5.41, 5.74) is 37.3. The van der Waals surface area contributed by atoms with Crippen molar-refractivity contribution in [2.75, 3.05) is 0 Å². The Kier molecular flexibility index (Phi) is 21.4. The summed E-state index contributed by atoms with van der Waals surface area (Å²) in [7, 11) is 8.61. The van der Waals surface area contributed by atoms with Gasteiger partial charge in [0, 0.05) is 66.3 Å². The highest BCUT2D eigenvalue weighted by molar-refractivity contribution is 5.82. The van der Waals surface area contributed by atoms with Crippen LogP contribution in [-0.2, 0) is 28.2 Å². The molecule has 544 valence electrons. The molecule has 8 heterocycles. The Balaban J connectivity index is 0.000000127. The molecule has 0 saturated carbocycles. The molecule has 8 aromatic heterocycles. The van der Waals surface area contributed by atoms with Gasteiger partial charge in [-0.1, -0.05) is 139 Å². The van der Waals surface area contributed by atoms with E-state index in [9.17, 15) is 0 Å². The predicted octanol–water partition coefficient (Wildman–Crippen LogP) is 20.8. The molecule has 0 aliphatic heterocycles. The van der Waals surface area contributed by atoms with Gasteiger partial charge in [-0.15, -0.1) is 0 Å². The second kappa shape index (κ2) is 31.0. The van der Waals surface area contributed by atoms with E-state index in [0.29, 0.717) is 17.8 Å². The van der Waals surface area contributed by atoms with Gasteiger partial charge < -0.3 is 0 Å². The topological polar surface area (TPSA) is 86.8 Å². The van der Waals surface area contributed by atoms with Crippen LogP contribution in [0.15, 0.2) is 232 Å². The molecule has 108 heavy (non-hydrogen) atoms. The Hall–Kier alpha value is -11.8. The third-order valence-electron chi connectivity index (χ3n) is 21.6. The van der Waals surface area contributed by atoms with Crippen LogP contribution in [0.3, 0.4) is 0 Å². The van der Waals surface area contributed by atoms with Crippen LogP contribution in [0, 0.1) is 76.2 Å². The number of rotatable bonds is 11. The quantitative estimate of drug-likeness (QED) is 0.121. The molecule has 0 saturated heterocycles. The van der Waals surface area contributed by atoms with Gasteiger partial charge in [-0.3, -0.25) is 19.9 Å². The van der Waals surface area contributed by atoms with Crippen molar-refractivity contribution in [3.05, 3.63) is 309 Å². The molecule has 16 rings (SSSR count). The lowest BCUT2D eigenvalue weighted by Gasteiger charge is -2.18. The molecule has 0 spiro atoms. The number of hydrogen-bond donors (Lipinski definition) is 0. The van der Waals surface area contributed by atoms with Crippen molar-refractivity contribution in [3.63, 3.8) is 0 Å². The number of fused-ring (bicyclic) bond motifs is 4. The van der Waals surface area contributed by atoms with Crippen LogP contribution in [0.25, 0.3) is 112 Å². The first kappa shape index (κ1) is 74.5. The SMILES string of the molecule is Cc1ccc2c(c1)n(C)c(-c1cnccc1C)[n+]2-c1c(C(C)C)cccc1C(C)C.Cc1ccc2c(c1)n(C)c(-c1cnccc1C)[n+]2-c1c(C)cccc1C.Cc1ccc2c(c1)n(C)c(-c1cnccc1C)[n+]2-c1ccccc1C.Cc1ccc2c(c1)n(C)c(-c1cnccc1C)[n+]2-c1ccccc1C(C)C. The molecule has 0 radical (unpaired) electrons. The Bertz CT molecular complexity index is 6020. The molecule has 0 aliphatic rings. The number of hydrogen-bond acceptors (Lipinski definition) is 4. The largest absolute Gasteiger partial charge is 0.296 e. The summed E-state index contributed by atoms with van der Waals surface area (Å²) in [6.45, 7) is 37.4. The number of aryl methyl sites for hydroxylation is 15. The fourth-order valence-corrected chi connectivity index (χ4v) is 15.7. The maximum absolute atomic E-state index is 4.47. The molecule has 0 bridgehead atoms. The van der Waals surface area contributed by atoms with Crippen LogP contribution in [-0.4, -0.2) is 38.2 Å². The minimum absolute atomic E-state index is 0.426. The molecule has 0 amide bonds. The van der Waals surface area contributed by atoms with E-state index in [2.05, 4.69) is 384 Å². The van der Waals surface area contributed by atoms with E-state index in [1.54, 1.807) is 0 Å². The van der Waals surface area contributed by atoms with Crippen LogP contribution in [0.4, 0.5) is 0 Å². The zero-order valence-corrected chi connectivity index (χ0v) is 67.0. The number of pyridine rings is 4. The van der Waals surface area contributed by atoms with Crippen molar-refractivity contribution in [1.29, 1.82) is 0 Å². The highest BCUT2D eigenvalue weighted by atomic mass is 15.2. The van der Waals surface area contributed by atoms with Gasteiger partial charge >= 0.3 is 0 Å². The third-order valence-corrected chi connectivity index (χ3v) is 21.6. The van der Waals surface area contributed by atoms with Crippen LogP contribution in [0.1, 0.15) is 137 Å². The Morgan fingerprint density at radius 3 is 0.880 bits per heavy atom. The minimum atomic E-state index is 0.426. The summed E-state index contributed by atoms with van der Waals surface area (Å²) in [6.07, 6.45) is 15.4. The van der Waals surface area contributed by atoms with Gasteiger partial charge in [-0.25, -0.2) is 18.3 Å². The molecular formula is C96H104N12+4. The van der Waals surface area contributed by atoms with Crippen molar-refractivity contribution in [1.82, 2.24) is 38.2 Å². The molecular weight excluding hydrogens is 1320 g/mol. The lowest BCUT2D eigenvalue weighted by atomic mass is 9.92. The molecule has 0 unspecified atom stereocenters. The molecule has 0 fully saturated rings. The molecule has 16 aromatic rings. The predicted molar refractivity (Wildman–Crippen MR) is 445 cm³/mol. The van der Waals surface area contributed by atoms with Crippen LogP contribution >= 0.6 is 0 Å². The number of aromatic nitrogens is 12. The first-order valence-electron chi connectivity index (χ1n) is 37.9. The van der Waals surface area contributed by atoms with E-state index in [0.717, 1.165) is 34.2 Å². The smallest absolute Gasteiger partial charge is 0.264 e. The van der Waals surface area contributed by atoms with Gasteiger partial charge in [0.25, 0.3) is 23.3 Å². The molecule has 12 nitrogen and oxygen atoms in total. The minimum Gasteiger partial charge on any atom is -0.264 e. The summed E-state index contributed by atoms with van der Waals surface area (Å²) < 4.78 is 18.8. The van der Waals surface area contributed by atoms with Gasteiger partial charge in [-0.2, -0.15) is 18.3 Å². The standard InChI is InChI=1S/C27H32N3.C24H26N3.C23H24N3.C22H22N3/c1-17(2)21-9-8-10-22(18(3)4)26(21)30-24-12-11-19(5)15-25(24)29(7)27(30)23-16-28-14-13-20(23)6;1-16(2)19-8-6-7-9-21(19)27-22-11-10-17(3)14-23(22)26(5)24(27)20-15-25-13-12-18(20)4;1-15-9-10-20-21(13-15)25(5)23(19-14-24-12-11-16(19)2)26(20)22-17(3)7-6-8-18(22)4;1-15-9-10-20-21(13-15)24(4)22(18-14-23-12-11-16(18)2)25(20)19-8-6-5-7-17(19)3/h8-18H,1-7H3;6-16H,1-5H3;6-14H,1-5H3;5-14H,1-4H3/q4*+1. The van der Waals surface area contributed by atoms with E-state index in [4.69, 9.17) is 0 Å². The van der Waals surface area contributed by atoms with Crippen molar-refractivity contribution in [2.45, 2.75) is 135 Å². The third kappa shape index (κ3) is 14.0. The van der Waals surface area contributed by atoms with Crippen molar-refractivity contribution in [3.8, 4) is 68.3 Å². The molecule has 12 heteroatoms. The number of nitrogens with zero attached hydrogens (tertiary/aromatic N) is 12. The summed E-state index contributed by atoms with van der Waals surface area (Å²) in [5, 5.41) is 0. The van der Waals surface area contributed by atoms with Crippen LogP contribution in [0.5, 0.6) is 0 Å². The molecule has 0 atom stereocenters. The van der Waals surface area contributed by atoms with Crippen molar-refractivity contribution >= 4 is 44.1 Å². The molecule has 0 N–H and O–H groups in total. The van der Waals surface area contributed by atoms with E-state index >= 15 is 0 Å². The Morgan fingerprint density at radius 2 is 0.537 bits per heavy atom. The second-order valence-electron chi connectivity index (χ2n) is 30.4. The van der Waals surface area contributed by atoms with Crippen molar-refractivity contribution in [2.24, 2.45) is 28.2 Å². The molecule has 8 aromatic carbocycles. The Morgan fingerprint density at radius 1 is 0.259 bits per heavy atom. The molecule has 0 aliphatic carbocycles. The number of benzene rings is 8. The zero-order valence-electron chi connectivity index (χ0n) is 67.0. The van der Waals surface area contributed by atoms with E-state index in [1.165, 1.54) is 156 Å². The fraction of sp³-hybridized carbons (Fsp3) is 0.250. The summed E-state index contributed by atoms with van der Waals surface area (Å²) in [4.78, 5) is 17.7. The van der Waals surface area contributed by atoms with Crippen molar-refractivity contribution < 1.29 is 18.3 Å². The average Bonchev–Trinajstić information content (AvgIpc) is 1.60. The summed E-state index contributed by atoms with van der Waals surface area (Å²) in [5.74, 6) is 5.95. The van der Waals surface area contributed by atoms with Gasteiger partial charge in [0.2, 0.25) is 0 Å². The van der Waals surface area contributed by atoms with Crippen LogP contribution < -0.4 is 18.3 Å². The first-order chi connectivity index (χ1) is 51.9. The monoisotopic (exact) mass is 1420 g/mol.